The van der Waals surface area contributed by atoms with E-state index in [1.165, 1.54) is 23.9 Å². The average molecular weight is 344 g/mol. The lowest BCUT2D eigenvalue weighted by atomic mass is 9.93. The number of benzene rings is 1. The van der Waals surface area contributed by atoms with Gasteiger partial charge in [0.1, 0.15) is 0 Å². The lowest BCUT2D eigenvalue weighted by molar-refractivity contribution is 0.0948. The van der Waals surface area contributed by atoms with Crippen molar-refractivity contribution in [1.82, 2.24) is 10.0 Å². The first-order valence-electron chi connectivity index (χ1n) is 7.08. The molecule has 0 aliphatic heterocycles. The number of carbonyl (C=O) groups excluding carboxylic acids is 1. The maximum absolute atomic E-state index is 12.1. The SMILES string of the molecule is CSc1ccc(S(=O)(=O)NC(=O)N[C@@H]2CCCC[C@@H]2O)cc1. The van der Waals surface area contributed by atoms with Gasteiger partial charge in [0, 0.05) is 4.90 Å². The maximum atomic E-state index is 12.1. The van der Waals surface area contributed by atoms with Crippen molar-refractivity contribution in [3.8, 4) is 0 Å². The van der Waals surface area contributed by atoms with Crippen LogP contribution in [0.2, 0.25) is 0 Å². The standard InChI is InChI=1S/C14H20N2O4S2/c1-21-10-6-8-11(9-7-10)22(19,20)16-14(18)15-12-4-2-3-5-13(12)17/h6-9,12-13,17H,2-5H2,1H3,(H2,15,16,18)/t12-,13+/m1/s1. The van der Waals surface area contributed by atoms with Crippen LogP contribution in [0.15, 0.2) is 34.1 Å². The van der Waals surface area contributed by atoms with Crippen LogP contribution in [0.5, 0.6) is 0 Å². The highest BCUT2D eigenvalue weighted by Crippen LogP contribution is 2.19. The van der Waals surface area contributed by atoms with Crippen molar-refractivity contribution in [3.63, 3.8) is 0 Å². The fourth-order valence-electron chi connectivity index (χ4n) is 2.41. The number of sulfonamides is 1. The van der Waals surface area contributed by atoms with Gasteiger partial charge in [-0.1, -0.05) is 12.8 Å². The first kappa shape index (κ1) is 17.1. The third-order valence-corrected chi connectivity index (χ3v) is 5.73. The third kappa shape index (κ3) is 4.37. The van der Waals surface area contributed by atoms with E-state index in [9.17, 15) is 18.3 Å². The summed E-state index contributed by atoms with van der Waals surface area (Å²) in [4.78, 5) is 12.8. The van der Waals surface area contributed by atoms with E-state index in [0.29, 0.717) is 12.8 Å². The number of nitrogens with one attached hydrogen (secondary N) is 2. The Balaban J connectivity index is 1.99. The second-order valence-corrected chi connectivity index (χ2v) is 7.77. The highest BCUT2D eigenvalue weighted by atomic mass is 32.2. The van der Waals surface area contributed by atoms with Crippen molar-refractivity contribution in [2.24, 2.45) is 0 Å². The van der Waals surface area contributed by atoms with E-state index < -0.39 is 28.2 Å². The number of aliphatic hydroxyl groups excluding tert-OH is 1. The molecule has 22 heavy (non-hydrogen) atoms. The zero-order chi connectivity index (χ0) is 16.2. The molecule has 2 atom stereocenters. The largest absolute Gasteiger partial charge is 0.391 e. The van der Waals surface area contributed by atoms with E-state index >= 15 is 0 Å². The number of amides is 2. The number of hydrogen-bond acceptors (Lipinski definition) is 5. The second-order valence-electron chi connectivity index (χ2n) is 5.21. The van der Waals surface area contributed by atoms with Gasteiger partial charge in [0.05, 0.1) is 17.0 Å². The van der Waals surface area contributed by atoms with E-state index in [2.05, 4.69) is 5.32 Å². The molecule has 3 N–H and O–H groups in total. The Morgan fingerprint density at radius 3 is 2.45 bits per heavy atom. The topological polar surface area (TPSA) is 95.5 Å². The van der Waals surface area contributed by atoms with Gasteiger partial charge < -0.3 is 10.4 Å². The first-order valence-corrected chi connectivity index (χ1v) is 9.78. The van der Waals surface area contributed by atoms with Gasteiger partial charge in [-0.3, -0.25) is 0 Å². The first-order chi connectivity index (χ1) is 10.4. The van der Waals surface area contributed by atoms with Crippen molar-refractivity contribution in [3.05, 3.63) is 24.3 Å². The second kappa shape index (κ2) is 7.34. The smallest absolute Gasteiger partial charge is 0.329 e. The van der Waals surface area contributed by atoms with Gasteiger partial charge in [0.2, 0.25) is 0 Å². The summed E-state index contributed by atoms with van der Waals surface area (Å²) in [6, 6.07) is 5.07. The van der Waals surface area contributed by atoms with Crippen LogP contribution in [-0.2, 0) is 10.0 Å². The van der Waals surface area contributed by atoms with Crippen LogP contribution in [0.1, 0.15) is 25.7 Å². The molecule has 8 heteroatoms. The van der Waals surface area contributed by atoms with Crippen molar-refractivity contribution in [1.29, 1.82) is 0 Å². The van der Waals surface area contributed by atoms with E-state index in [1.54, 1.807) is 12.1 Å². The fraction of sp³-hybridized carbons (Fsp3) is 0.500. The highest BCUT2D eigenvalue weighted by molar-refractivity contribution is 7.98. The molecule has 6 nitrogen and oxygen atoms in total. The summed E-state index contributed by atoms with van der Waals surface area (Å²) in [7, 11) is -3.91. The molecule has 0 bridgehead atoms. The Kier molecular flexibility index (Phi) is 5.71. The fourth-order valence-corrected chi connectivity index (χ4v) is 3.74. The Bertz CT molecular complexity index is 616. The van der Waals surface area contributed by atoms with Crippen molar-refractivity contribution in [2.75, 3.05) is 6.26 Å². The Hall–Kier alpha value is -1.25. The normalized spacial score (nSPS) is 22.1. The molecule has 1 aliphatic carbocycles. The number of urea groups is 1. The molecule has 0 spiro atoms. The quantitative estimate of drug-likeness (QED) is 0.723. The van der Waals surface area contributed by atoms with Crippen molar-refractivity contribution >= 4 is 27.8 Å². The molecule has 1 saturated carbocycles. The van der Waals surface area contributed by atoms with Gasteiger partial charge >= 0.3 is 6.03 Å². The predicted molar refractivity (Wildman–Crippen MR) is 85.3 cm³/mol. The Labute approximate surface area is 134 Å². The minimum absolute atomic E-state index is 0.0321. The molecule has 0 unspecified atom stereocenters. The number of hydrogen-bond donors (Lipinski definition) is 3. The van der Waals surface area contributed by atoms with Crippen LogP contribution in [0.3, 0.4) is 0 Å². The summed E-state index contributed by atoms with van der Waals surface area (Å²) in [6.45, 7) is 0. The summed E-state index contributed by atoms with van der Waals surface area (Å²) in [5.74, 6) is 0. The van der Waals surface area contributed by atoms with Crippen LogP contribution in [0.4, 0.5) is 4.79 Å². The highest BCUT2D eigenvalue weighted by Gasteiger charge is 2.26. The number of aliphatic hydroxyl groups is 1. The molecule has 122 valence electrons. The van der Waals surface area contributed by atoms with Gasteiger partial charge in [-0.15, -0.1) is 11.8 Å². The van der Waals surface area contributed by atoms with E-state index in [-0.39, 0.29) is 4.90 Å². The van der Waals surface area contributed by atoms with E-state index in [4.69, 9.17) is 0 Å². The molecular weight excluding hydrogens is 324 g/mol. The lowest BCUT2D eigenvalue weighted by Crippen LogP contribution is -2.50. The number of rotatable bonds is 4. The molecule has 1 aromatic rings. The lowest BCUT2D eigenvalue weighted by Gasteiger charge is -2.28. The average Bonchev–Trinajstić information content (AvgIpc) is 2.49. The third-order valence-electron chi connectivity index (χ3n) is 3.64. The molecule has 1 fully saturated rings. The molecule has 1 aromatic carbocycles. The van der Waals surface area contributed by atoms with Gasteiger partial charge in [0.25, 0.3) is 10.0 Å². The molecule has 0 radical (unpaired) electrons. The molecule has 2 amide bonds. The predicted octanol–water partition coefficient (Wildman–Crippen LogP) is 1.70. The zero-order valence-electron chi connectivity index (χ0n) is 12.3. The van der Waals surface area contributed by atoms with Gasteiger partial charge in [-0.05, 0) is 43.4 Å². The number of carbonyl (C=O) groups is 1. The molecule has 0 heterocycles. The summed E-state index contributed by atoms with van der Waals surface area (Å²) in [6.07, 6.45) is 4.37. The van der Waals surface area contributed by atoms with Crippen LogP contribution >= 0.6 is 11.8 Å². The van der Waals surface area contributed by atoms with Crippen molar-refractivity contribution in [2.45, 2.75) is 47.6 Å². The minimum atomic E-state index is -3.91. The Morgan fingerprint density at radius 2 is 1.86 bits per heavy atom. The van der Waals surface area contributed by atoms with Gasteiger partial charge in [0.15, 0.2) is 0 Å². The van der Waals surface area contributed by atoms with Gasteiger partial charge in [-0.25, -0.2) is 17.9 Å². The molecular formula is C14H20N2O4S2. The van der Waals surface area contributed by atoms with E-state index in [0.717, 1.165) is 17.7 Å². The Morgan fingerprint density at radius 1 is 1.23 bits per heavy atom. The molecule has 0 saturated heterocycles. The molecule has 2 rings (SSSR count). The van der Waals surface area contributed by atoms with Crippen LogP contribution in [0.25, 0.3) is 0 Å². The van der Waals surface area contributed by atoms with Gasteiger partial charge in [-0.2, -0.15) is 0 Å². The maximum Gasteiger partial charge on any atom is 0.329 e. The number of thioether (sulfide) groups is 1. The molecule has 0 aromatic heterocycles. The van der Waals surface area contributed by atoms with Crippen molar-refractivity contribution < 1.29 is 18.3 Å². The van der Waals surface area contributed by atoms with Crippen LogP contribution in [-0.4, -0.2) is 38.0 Å². The summed E-state index contributed by atoms with van der Waals surface area (Å²) in [5, 5.41) is 12.3. The summed E-state index contributed by atoms with van der Waals surface area (Å²) < 4.78 is 26.2. The minimum Gasteiger partial charge on any atom is -0.391 e. The van der Waals surface area contributed by atoms with Crippen LogP contribution in [0, 0.1) is 0 Å². The zero-order valence-corrected chi connectivity index (χ0v) is 13.9. The summed E-state index contributed by atoms with van der Waals surface area (Å²) >= 11 is 1.50. The van der Waals surface area contributed by atoms with E-state index in [1.807, 2.05) is 11.0 Å². The monoisotopic (exact) mass is 344 g/mol. The summed E-state index contributed by atoms with van der Waals surface area (Å²) in [5.41, 5.74) is 0. The van der Waals surface area contributed by atoms with Crippen LogP contribution < -0.4 is 10.0 Å². The molecule has 1 aliphatic rings.